The lowest BCUT2D eigenvalue weighted by Gasteiger charge is -2.25. The van der Waals surface area contributed by atoms with Gasteiger partial charge >= 0.3 is 5.97 Å². The number of rotatable bonds is 3. The summed E-state index contributed by atoms with van der Waals surface area (Å²) in [6, 6.07) is 0. The van der Waals surface area contributed by atoms with Crippen LogP contribution < -0.4 is 10.6 Å². The van der Waals surface area contributed by atoms with Gasteiger partial charge in [0.1, 0.15) is 0 Å². The second kappa shape index (κ2) is 6.21. The van der Waals surface area contributed by atoms with E-state index < -0.39 is 0 Å². The summed E-state index contributed by atoms with van der Waals surface area (Å²) in [5.74, 6) is 0.745. The largest absolute Gasteiger partial charge is 0.465 e. The molecular weight excluding hydrogens is 204 g/mol. The minimum atomic E-state index is 0.0278. The number of nitrogens with one attached hydrogen (secondary N) is 2. The van der Waals surface area contributed by atoms with Gasteiger partial charge in [-0.15, -0.1) is 0 Å². The third-order valence-electron chi connectivity index (χ3n) is 3.59. The first-order valence-electron chi connectivity index (χ1n) is 6.44. The Bertz CT molecular complexity index is 221. The third-order valence-corrected chi connectivity index (χ3v) is 3.59. The average Bonchev–Trinajstić information content (AvgIpc) is 2.38. The molecule has 0 aromatic heterocycles. The molecule has 2 aliphatic heterocycles. The van der Waals surface area contributed by atoms with E-state index in [1.165, 1.54) is 0 Å². The molecule has 0 spiro atoms. The number of hydrogen-bond donors (Lipinski definition) is 2. The maximum absolute atomic E-state index is 11.8. The fraction of sp³-hybridized carbons (Fsp3) is 0.917. The van der Waals surface area contributed by atoms with Crippen molar-refractivity contribution < 1.29 is 9.53 Å². The predicted molar refractivity (Wildman–Crippen MR) is 62.1 cm³/mol. The van der Waals surface area contributed by atoms with Crippen molar-refractivity contribution in [1.82, 2.24) is 10.6 Å². The van der Waals surface area contributed by atoms with Crippen molar-refractivity contribution in [3.63, 3.8) is 0 Å². The van der Waals surface area contributed by atoms with Crippen LogP contribution in [0.4, 0.5) is 0 Å². The summed E-state index contributed by atoms with van der Waals surface area (Å²) in [6.07, 6.45) is 4.15. The van der Waals surface area contributed by atoms with Crippen LogP contribution in [0.15, 0.2) is 0 Å². The fourth-order valence-corrected chi connectivity index (χ4v) is 2.42. The van der Waals surface area contributed by atoms with E-state index in [0.29, 0.717) is 12.5 Å². The quantitative estimate of drug-likeness (QED) is 0.689. The summed E-state index contributed by atoms with van der Waals surface area (Å²) in [5.41, 5.74) is 0. The Morgan fingerprint density at radius 2 is 1.56 bits per heavy atom. The van der Waals surface area contributed by atoms with Crippen molar-refractivity contribution >= 4 is 5.97 Å². The number of esters is 1. The van der Waals surface area contributed by atoms with Crippen LogP contribution >= 0.6 is 0 Å². The first-order valence-corrected chi connectivity index (χ1v) is 6.44. The highest BCUT2D eigenvalue weighted by atomic mass is 16.5. The molecule has 2 heterocycles. The molecule has 0 saturated carbocycles. The van der Waals surface area contributed by atoms with Crippen molar-refractivity contribution in [1.29, 1.82) is 0 Å². The molecule has 2 saturated heterocycles. The molecule has 92 valence electrons. The Morgan fingerprint density at radius 3 is 2.19 bits per heavy atom. The molecule has 4 heteroatoms. The van der Waals surface area contributed by atoms with Gasteiger partial charge in [-0.25, -0.2) is 0 Å². The highest BCUT2D eigenvalue weighted by molar-refractivity contribution is 5.72. The summed E-state index contributed by atoms with van der Waals surface area (Å²) >= 11 is 0. The van der Waals surface area contributed by atoms with Crippen LogP contribution in [0, 0.1) is 11.8 Å². The standard InChI is InChI=1S/C12H22N2O2/c15-12(11-3-7-14-8-4-11)16-9-10-1-5-13-6-2-10/h10-11,13-14H,1-9H2. The zero-order valence-electron chi connectivity index (χ0n) is 9.84. The number of hydrogen-bond acceptors (Lipinski definition) is 4. The smallest absolute Gasteiger partial charge is 0.309 e. The third kappa shape index (κ3) is 3.46. The highest BCUT2D eigenvalue weighted by Gasteiger charge is 2.23. The van der Waals surface area contributed by atoms with E-state index in [0.717, 1.165) is 51.9 Å². The molecular formula is C12H22N2O2. The van der Waals surface area contributed by atoms with Gasteiger partial charge in [-0.05, 0) is 57.8 Å². The van der Waals surface area contributed by atoms with Gasteiger partial charge in [0.25, 0.3) is 0 Å². The van der Waals surface area contributed by atoms with Gasteiger partial charge in [0, 0.05) is 0 Å². The van der Waals surface area contributed by atoms with Crippen molar-refractivity contribution in [2.45, 2.75) is 25.7 Å². The number of carbonyl (C=O) groups is 1. The van der Waals surface area contributed by atoms with Crippen molar-refractivity contribution in [2.75, 3.05) is 32.8 Å². The van der Waals surface area contributed by atoms with E-state index in [-0.39, 0.29) is 11.9 Å². The maximum atomic E-state index is 11.8. The summed E-state index contributed by atoms with van der Waals surface area (Å²) in [4.78, 5) is 11.8. The van der Waals surface area contributed by atoms with Gasteiger partial charge < -0.3 is 15.4 Å². The molecule has 0 radical (unpaired) electrons. The SMILES string of the molecule is O=C(OCC1CCNCC1)C1CCNCC1. The molecule has 0 aromatic carbocycles. The van der Waals surface area contributed by atoms with Crippen LogP contribution in [0.2, 0.25) is 0 Å². The lowest BCUT2D eigenvalue weighted by Crippen LogP contribution is -2.34. The molecule has 0 unspecified atom stereocenters. The Labute approximate surface area is 97.1 Å². The Hall–Kier alpha value is -0.610. The Balaban J connectivity index is 1.65. The highest BCUT2D eigenvalue weighted by Crippen LogP contribution is 2.16. The summed E-state index contributed by atoms with van der Waals surface area (Å²) < 4.78 is 5.43. The number of piperidine rings is 2. The first-order chi connectivity index (χ1) is 7.86. The van der Waals surface area contributed by atoms with E-state index in [1.807, 2.05) is 0 Å². The van der Waals surface area contributed by atoms with Crippen LogP contribution in [0.25, 0.3) is 0 Å². The number of carbonyl (C=O) groups excluding carboxylic acids is 1. The summed E-state index contributed by atoms with van der Waals surface area (Å²) in [7, 11) is 0. The summed E-state index contributed by atoms with van der Waals surface area (Å²) in [6.45, 7) is 4.66. The van der Waals surface area contributed by atoms with Crippen LogP contribution in [0.5, 0.6) is 0 Å². The van der Waals surface area contributed by atoms with Gasteiger partial charge in [-0.3, -0.25) is 4.79 Å². The molecule has 2 N–H and O–H groups in total. The molecule has 2 aliphatic rings. The van der Waals surface area contributed by atoms with Crippen LogP contribution in [0.3, 0.4) is 0 Å². The van der Waals surface area contributed by atoms with Crippen molar-refractivity contribution in [3.8, 4) is 0 Å². The maximum Gasteiger partial charge on any atom is 0.309 e. The van der Waals surface area contributed by atoms with E-state index in [9.17, 15) is 4.79 Å². The van der Waals surface area contributed by atoms with Gasteiger partial charge in [-0.2, -0.15) is 0 Å². The van der Waals surface area contributed by atoms with E-state index in [4.69, 9.17) is 4.74 Å². The molecule has 0 amide bonds. The molecule has 0 aliphatic carbocycles. The molecule has 4 nitrogen and oxygen atoms in total. The van der Waals surface area contributed by atoms with Gasteiger partial charge in [0.15, 0.2) is 0 Å². The van der Waals surface area contributed by atoms with Gasteiger partial charge in [0.2, 0.25) is 0 Å². The van der Waals surface area contributed by atoms with Gasteiger partial charge in [-0.1, -0.05) is 0 Å². The molecule has 0 aromatic rings. The molecule has 16 heavy (non-hydrogen) atoms. The van der Waals surface area contributed by atoms with Crippen LogP contribution in [-0.4, -0.2) is 38.8 Å². The van der Waals surface area contributed by atoms with E-state index in [1.54, 1.807) is 0 Å². The number of ether oxygens (including phenoxy) is 1. The fourth-order valence-electron chi connectivity index (χ4n) is 2.42. The van der Waals surface area contributed by atoms with Crippen LogP contribution in [-0.2, 0) is 9.53 Å². The van der Waals surface area contributed by atoms with Crippen molar-refractivity contribution in [3.05, 3.63) is 0 Å². The Kier molecular flexibility index (Phi) is 4.60. The normalized spacial score (nSPS) is 24.2. The van der Waals surface area contributed by atoms with E-state index in [2.05, 4.69) is 10.6 Å². The minimum Gasteiger partial charge on any atom is -0.465 e. The average molecular weight is 226 g/mol. The zero-order valence-corrected chi connectivity index (χ0v) is 9.84. The Morgan fingerprint density at radius 1 is 1.00 bits per heavy atom. The molecule has 2 rings (SSSR count). The van der Waals surface area contributed by atoms with Crippen molar-refractivity contribution in [2.24, 2.45) is 11.8 Å². The first kappa shape index (κ1) is 11.9. The molecule has 0 atom stereocenters. The lowest BCUT2D eigenvalue weighted by atomic mass is 9.97. The molecule has 0 bridgehead atoms. The second-order valence-electron chi connectivity index (χ2n) is 4.85. The van der Waals surface area contributed by atoms with Crippen LogP contribution in [0.1, 0.15) is 25.7 Å². The lowest BCUT2D eigenvalue weighted by molar-refractivity contribution is -0.151. The van der Waals surface area contributed by atoms with E-state index >= 15 is 0 Å². The summed E-state index contributed by atoms with van der Waals surface area (Å²) in [5, 5.41) is 6.58. The molecule has 2 fully saturated rings. The minimum absolute atomic E-state index is 0.0278. The van der Waals surface area contributed by atoms with Gasteiger partial charge in [0.05, 0.1) is 12.5 Å². The monoisotopic (exact) mass is 226 g/mol. The predicted octanol–water partition coefficient (Wildman–Crippen LogP) is 0.529. The topological polar surface area (TPSA) is 50.4 Å². The second-order valence-corrected chi connectivity index (χ2v) is 4.85. The zero-order chi connectivity index (χ0) is 11.2.